The second-order valence-corrected chi connectivity index (χ2v) is 6.61. The predicted molar refractivity (Wildman–Crippen MR) is 78.9 cm³/mol. The van der Waals surface area contributed by atoms with Crippen molar-refractivity contribution in [3.63, 3.8) is 0 Å². The number of halogens is 3. The number of carbonyl (C=O) groups is 1. The Hall–Kier alpha value is -2.35. The lowest BCUT2D eigenvalue weighted by atomic mass is 10.2. The van der Waals surface area contributed by atoms with Crippen LogP contribution in [0.1, 0.15) is 10.4 Å². The third-order valence-electron chi connectivity index (χ3n) is 3.16. The summed E-state index contributed by atoms with van der Waals surface area (Å²) in [5.41, 5.74) is -4.69. The molecule has 23 heavy (non-hydrogen) atoms. The molecule has 2 aromatic rings. The quantitative estimate of drug-likeness (QED) is 0.860. The predicted octanol–water partition coefficient (Wildman–Crippen LogP) is 3.26. The van der Waals surface area contributed by atoms with Crippen LogP contribution in [0.25, 0.3) is 0 Å². The van der Waals surface area contributed by atoms with Crippen LogP contribution in [0.5, 0.6) is 0 Å². The van der Waals surface area contributed by atoms with E-state index in [0.717, 1.165) is 24.3 Å². The van der Waals surface area contributed by atoms with Crippen molar-refractivity contribution in [1.29, 1.82) is 0 Å². The van der Waals surface area contributed by atoms with E-state index in [1.54, 1.807) is 30.3 Å². The smallest absolute Gasteiger partial charge is 0.311 e. The van der Waals surface area contributed by atoms with Crippen LogP contribution in [0.15, 0.2) is 59.5 Å². The van der Waals surface area contributed by atoms with E-state index < -0.39 is 26.1 Å². The van der Waals surface area contributed by atoms with Gasteiger partial charge in [-0.25, -0.2) is 8.42 Å². The van der Waals surface area contributed by atoms with Crippen molar-refractivity contribution < 1.29 is 26.4 Å². The summed E-state index contributed by atoms with van der Waals surface area (Å²) in [6.45, 7) is 0. The zero-order valence-electron chi connectivity index (χ0n) is 11.9. The largest absolute Gasteiger partial charge is 0.501 e. The molecule has 0 atom stereocenters. The molecule has 4 nitrogen and oxygen atoms in total. The number of anilines is 1. The Labute approximate surface area is 131 Å². The van der Waals surface area contributed by atoms with E-state index in [2.05, 4.69) is 0 Å². The number of nitrogens with zero attached hydrogens (tertiary/aromatic N) is 1. The molecule has 0 spiro atoms. The van der Waals surface area contributed by atoms with Crippen LogP contribution in [0, 0.1) is 0 Å². The fraction of sp³-hybridized carbons (Fsp3) is 0.133. The molecule has 2 aromatic carbocycles. The van der Waals surface area contributed by atoms with E-state index in [9.17, 15) is 26.4 Å². The zero-order valence-corrected chi connectivity index (χ0v) is 12.7. The molecule has 0 unspecified atom stereocenters. The van der Waals surface area contributed by atoms with Gasteiger partial charge in [-0.15, -0.1) is 0 Å². The molecule has 1 amide bonds. The average Bonchev–Trinajstić information content (AvgIpc) is 2.53. The van der Waals surface area contributed by atoms with Crippen molar-refractivity contribution in [3.05, 3.63) is 60.2 Å². The Morgan fingerprint density at radius 3 is 1.96 bits per heavy atom. The second-order valence-electron chi connectivity index (χ2n) is 4.67. The molecule has 0 bridgehead atoms. The van der Waals surface area contributed by atoms with Crippen LogP contribution in [-0.4, -0.2) is 26.9 Å². The van der Waals surface area contributed by atoms with Gasteiger partial charge in [0.2, 0.25) is 0 Å². The number of rotatable bonds is 3. The fourth-order valence-corrected chi connectivity index (χ4v) is 2.63. The minimum absolute atomic E-state index is 0.0810. The summed E-state index contributed by atoms with van der Waals surface area (Å²) in [4.78, 5) is 12.7. The third-order valence-corrected chi connectivity index (χ3v) is 4.67. The molecule has 122 valence electrons. The van der Waals surface area contributed by atoms with Crippen molar-refractivity contribution in [2.45, 2.75) is 10.4 Å². The van der Waals surface area contributed by atoms with Crippen molar-refractivity contribution in [1.82, 2.24) is 0 Å². The summed E-state index contributed by atoms with van der Waals surface area (Å²) in [5.74, 6) is -0.466. The number of hydrogen-bond acceptors (Lipinski definition) is 3. The van der Waals surface area contributed by atoms with Crippen LogP contribution >= 0.6 is 0 Å². The standard InChI is InChI=1S/C15H12F3NO3S/c1-19(12-5-3-2-4-6-12)14(20)11-7-9-13(10-8-11)23(21,22)15(16,17)18/h2-10H,1H3. The van der Waals surface area contributed by atoms with Gasteiger partial charge >= 0.3 is 5.51 Å². The van der Waals surface area contributed by atoms with Gasteiger partial charge in [0.05, 0.1) is 4.90 Å². The monoisotopic (exact) mass is 343 g/mol. The molecule has 0 saturated heterocycles. The lowest BCUT2D eigenvalue weighted by Crippen LogP contribution is -2.26. The number of para-hydroxylation sites is 1. The topological polar surface area (TPSA) is 54.5 Å². The third kappa shape index (κ3) is 3.37. The van der Waals surface area contributed by atoms with Crippen molar-refractivity contribution in [2.75, 3.05) is 11.9 Å². The van der Waals surface area contributed by atoms with Crippen LogP contribution in [0.3, 0.4) is 0 Å². The van der Waals surface area contributed by atoms with Crippen LogP contribution in [-0.2, 0) is 9.84 Å². The molecule has 0 N–H and O–H groups in total. The molecule has 0 aromatic heterocycles. The van der Waals surface area contributed by atoms with Gasteiger partial charge in [-0.1, -0.05) is 18.2 Å². The van der Waals surface area contributed by atoms with Crippen LogP contribution < -0.4 is 4.90 Å². The first kappa shape index (κ1) is 17.0. The Balaban J connectivity index is 2.28. The molecule has 0 aliphatic carbocycles. The van der Waals surface area contributed by atoms with Gasteiger partial charge in [0.1, 0.15) is 0 Å². The van der Waals surface area contributed by atoms with Gasteiger partial charge < -0.3 is 4.90 Å². The van der Waals surface area contributed by atoms with Gasteiger partial charge in [0.15, 0.2) is 0 Å². The SMILES string of the molecule is CN(C(=O)c1ccc(S(=O)(=O)C(F)(F)F)cc1)c1ccccc1. The van der Waals surface area contributed by atoms with E-state index >= 15 is 0 Å². The van der Waals surface area contributed by atoms with Gasteiger partial charge in [-0.05, 0) is 36.4 Å². The maximum absolute atomic E-state index is 12.5. The minimum Gasteiger partial charge on any atom is -0.311 e. The lowest BCUT2D eigenvalue weighted by Gasteiger charge is -2.17. The highest BCUT2D eigenvalue weighted by atomic mass is 32.2. The molecule has 8 heteroatoms. The van der Waals surface area contributed by atoms with E-state index in [0.29, 0.717) is 5.69 Å². The molecular formula is C15H12F3NO3S. The second kappa shape index (κ2) is 6.04. The maximum Gasteiger partial charge on any atom is 0.501 e. The molecule has 0 aliphatic rings. The summed E-state index contributed by atoms with van der Waals surface area (Å²) < 4.78 is 59.9. The Kier molecular flexibility index (Phi) is 4.46. The number of amides is 1. The first-order valence-corrected chi connectivity index (χ1v) is 7.87. The highest BCUT2D eigenvalue weighted by molar-refractivity contribution is 7.92. The Morgan fingerprint density at radius 1 is 0.957 bits per heavy atom. The number of carbonyl (C=O) groups excluding carboxylic acids is 1. The highest BCUT2D eigenvalue weighted by Crippen LogP contribution is 2.30. The van der Waals surface area contributed by atoms with E-state index in [1.165, 1.54) is 11.9 Å². The molecule has 0 aliphatic heterocycles. The molecule has 0 radical (unpaired) electrons. The normalized spacial score (nSPS) is 12.0. The number of sulfone groups is 1. The Bertz CT molecular complexity index is 800. The van der Waals surface area contributed by atoms with E-state index in [-0.39, 0.29) is 5.56 Å². The molecule has 2 rings (SSSR count). The van der Waals surface area contributed by atoms with Crippen molar-refractivity contribution >= 4 is 21.4 Å². The molecule has 0 fully saturated rings. The average molecular weight is 343 g/mol. The summed E-state index contributed by atoms with van der Waals surface area (Å²) in [6.07, 6.45) is 0. The lowest BCUT2D eigenvalue weighted by molar-refractivity contribution is -0.0436. The first-order chi connectivity index (χ1) is 10.6. The Morgan fingerprint density at radius 2 is 1.48 bits per heavy atom. The molecular weight excluding hydrogens is 331 g/mol. The molecule has 0 heterocycles. The first-order valence-electron chi connectivity index (χ1n) is 6.39. The number of hydrogen-bond donors (Lipinski definition) is 0. The van der Waals surface area contributed by atoms with Gasteiger partial charge in [-0.3, -0.25) is 4.79 Å². The summed E-state index contributed by atoms with van der Waals surface area (Å²) >= 11 is 0. The van der Waals surface area contributed by atoms with E-state index in [4.69, 9.17) is 0 Å². The zero-order chi connectivity index (χ0) is 17.3. The van der Waals surface area contributed by atoms with Gasteiger partial charge in [-0.2, -0.15) is 13.2 Å². The van der Waals surface area contributed by atoms with E-state index in [1.807, 2.05) is 0 Å². The minimum atomic E-state index is -5.42. The van der Waals surface area contributed by atoms with Gasteiger partial charge in [0, 0.05) is 18.3 Å². The maximum atomic E-state index is 12.5. The summed E-state index contributed by atoms with van der Waals surface area (Å²) in [7, 11) is -3.90. The molecule has 0 saturated carbocycles. The van der Waals surface area contributed by atoms with Crippen molar-refractivity contribution in [2.24, 2.45) is 0 Å². The number of alkyl halides is 3. The van der Waals surface area contributed by atoms with Gasteiger partial charge in [0.25, 0.3) is 15.7 Å². The highest BCUT2D eigenvalue weighted by Gasteiger charge is 2.46. The summed E-state index contributed by atoms with van der Waals surface area (Å²) in [5, 5.41) is 0. The number of benzene rings is 2. The summed E-state index contributed by atoms with van der Waals surface area (Å²) in [6, 6.07) is 12.3. The van der Waals surface area contributed by atoms with Crippen LogP contribution in [0.2, 0.25) is 0 Å². The fourth-order valence-electron chi connectivity index (χ4n) is 1.87. The van der Waals surface area contributed by atoms with Crippen LogP contribution in [0.4, 0.5) is 18.9 Å². The van der Waals surface area contributed by atoms with Crippen molar-refractivity contribution in [3.8, 4) is 0 Å².